The van der Waals surface area contributed by atoms with Crippen molar-refractivity contribution in [2.24, 2.45) is 0 Å². The molecule has 0 saturated carbocycles. The van der Waals surface area contributed by atoms with E-state index in [1.807, 2.05) is 0 Å². The fraction of sp³-hybridized carbons (Fsp3) is 0. The first-order valence-electron chi connectivity index (χ1n) is 6.11. The predicted octanol–water partition coefficient (Wildman–Crippen LogP) is 2.32. The molecular formula is C12H10O9PS2+. The van der Waals surface area contributed by atoms with Crippen molar-refractivity contribution in [3.8, 4) is 11.5 Å². The molecule has 0 aliphatic rings. The molecule has 0 saturated heterocycles. The van der Waals surface area contributed by atoms with Crippen LogP contribution < -0.4 is 8.37 Å². The van der Waals surface area contributed by atoms with Crippen molar-refractivity contribution >= 4 is 29.1 Å². The summed E-state index contributed by atoms with van der Waals surface area (Å²) in [6.45, 7) is 0. The molecule has 12 heteroatoms. The highest BCUT2D eigenvalue weighted by molar-refractivity contribution is 7.88. The van der Waals surface area contributed by atoms with E-state index in [1.165, 1.54) is 48.5 Å². The third-order valence-corrected chi connectivity index (χ3v) is 5.41. The Balaban J connectivity index is 1.96. The Labute approximate surface area is 139 Å². The molecule has 0 radical (unpaired) electrons. The lowest BCUT2D eigenvalue weighted by Crippen LogP contribution is -2.13. The molecule has 0 aliphatic carbocycles. The normalized spacial score (nSPS) is 11.7. The van der Waals surface area contributed by atoms with Crippen LogP contribution in [0.1, 0.15) is 0 Å². The first-order valence-corrected chi connectivity index (χ1v) is 9.87. The minimum Gasteiger partial charge on any atom is -0.359 e. The molecule has 9 nitrogen and oxygen atoms in total. The van der Waals surface area contributed by atoms with E-state index in [0.29, 0.717) is 0 Å². The lowest BCUT2D eigenvalue weighted by Gasteiger charge is -2.01. The first kappa shape index (κ1) is 18.3. The molecule has 0 spiro atoms. The van der Waals surface area contributed by atoms with Crippen LogP contribution in [0.5, 0.6) is 11.5 Å². The summed E-state index contributed by atoms with van der Waals surface area (Å²) in [5, 5.41) is 0. The topological polar surface area (TPSA) is 122 Å². The molecule has 128 valence electrons. The van der Waals surface area contributed by atoms with E-state index in [9.17, 15) is 21.4 Å². The van der Waals surface area contributed by atoms with Gasteiger partial charge in [-0.25, -0.2) is 0 Å². The summed E-state index contributed by atoms with van der Waals surface area (Å²) in [4.78, 5) is 0. The van der Waals surface area contributed by atoms with Crippen molar-refractivity contribution in [1.29, 1.82) is 0 Å². The fourth-order valence-corrected chi connectivity index (χ4v) is 3.83. The number of benzene rings is 2. The SMILES string of the molecule is O=[P+](OS(=O)(=O)Oc1ccccc1)OS(=O)(=O)Oc1ccccc1. The van der Waals surface area contributed by atoms with Crippen LogP contribution in [-0.2, 0) is 33.3 Å². The average Bonchev–Trinajstić information content (AvgIpc) is 2.46. The van der Waals surface area contributed by atoms with E-state index in [2.05, 4.69) is 16.3 Å². The molecular weight excluding hydrogens is 383 g/mol. The van der Waals surface area contributed by atoms with Crippen molar-refractivity contribution in [2.75, 3.05) is 0 Å². The van der Waals surface area contributed by atoms with Gasteiger partial charge in [-0.3, -0.25) is 0 Å². The standard InChI is InChI=1S/C12H10O9PS2/c13-22(20-23(14,15)18-11-7-3-1-4-8-11)21-24(16,17)19-12-9-5-2-6-10-12/h1-10H/q+1. The van der Waals surface area contributed by atoms with Gasteiger partial charge < -0.3 is 8.37 Å². The Morgan fingerprint density at radius 3 is 1.29 bits per heavy atom. The molecule has 0 amide bonds. The van der Waals surface area contributed by atoms with Gasteiger partial charge in [0, 0.05) is 4.57 Å². The van der Waals surface area contributed by atoms with Crippen LogP contribution in [0.2, 0.25) is 0 Å². The molecule has 0 fully saturated rings. The largest absolute Gasteiger partial charge is 0.737 e. The van der Waals surface area contributed by atoms with Gasteiger partial charge >= 0.3 is 29.1 Å². The summed E-state index contributed by atoms with van der Waals surface area (Å²) >= 11 is 0. The molecule has 2 rings (SSSR count). The zero-order chi connectivity index (χ0) is 17.6. The summed E-state index contributed by atoms with van der Waals surface area (Å²) in [5.74, 6) is -0.242. The van der Waals surface area contributed by atoms with Crippen molar-refractivity contribution in [3.63, 3.8) is 0 Å². The summed E-state index contributed by atoms with van der Waals surface area (Å²) in [6, 6.07) is 14.3. The molecule has 0 aromatic heterocycles. The maximum atomic E-state index is 11.5. The zero-order valence-corrected chi connectivity index (χ0v) is 14.2. The van der Waals surface area contributed by atoms with Gasteiger partial charge in [-0.05, 0) is 24.3 Å². The van der Waals surface area contributed by atoms with Crippen LogP contribution in [0.15, 0.2) is 60.7 Å². The van der Waals surface area contributed by atoms with Crippen molar-refractivity contribution < 1.29 is 37.7 Å². The second-order valence-electron chi connectivity index (χ2n) is 3.98. The first-order chi connectivity index (χ1) is 11.3. The summed E-state index contributed by atoms with van der Waals surface area (Å²) in [6.07, 6.45) is 0. The monoisotopic (exact) mass is 393 g/mol. The minimum absolute atomic E-state index is 0.121. The molecule has 2 aromatic rings. The number of para-hydroxylation sites is 2. The fourth-order valence-electron chi connectivity index (χ4n) is 1.38. The zero-order valence-electron chi connectivity index (χ0n) is 11.7. The van der Waals surface area contributed by atoms with E-state index in [0.717, 1.165) is 0 Å². The van der Waals surface area contributed by atoms with E-state index < -0.39 is 29.1 Å². The van der Waals surface area contributed by atoms with Crippen LogP contribution in [0.3, 0.4) is 0 Å². The average molecular weight is 393 g/mol. The van der Waals surface area contributed by atoms with Gasteiger partial charge in [0.15, 0.2) is 0 Å². The minimum atomic E-state index is -4.81. The molecule has 0 atom stereocenters. The number of hydrogen-bond acceptors (Lipinski definition) is 9. The Morgan fingerprint density at radius 1 is 0.625 bits per heavy atom. The highest BCUT2D eigenvalue weighted by Crippen LogP contribution is 2.31. The highest BCUT2D eigenvalue weighted by atomic mass is 32.3. The highest BCUT2D eigenvalue weighted by Gasteiger charge is 2.40. The van der Waals surface area contributed by atoms with Crippen LogP contribution in [0, 0.1) is 0 Å². The maximum Gasteiger partial charge on any atom is 0.737 e. The van der Waals surface area contributed by atoms with Gasteiger partial charge in [-0.2, -0.15) is 16.8 Å². The third kappa shape index (κ3) is 6.22. The van der Waals surface area contributed by atoms with Gasteiger partial charge in [0.2, 0.25) is 0 Å². The lowest BCUT2D eigenvalue weighted by molar-refractivity contribution is 0.344. The Hall–Kier alpha value is -2.04. The smallest absolute Gasteiger partial charge is 0.359 e. The van der Waals surface area contributed by atoms with Crippen molar-refractivity contribution in [1.82, 2.24) is 0 Å². The van der Waals surface area contributed by atoms with Gasteiger partial charge in [0.05, 0.1) is 7.94 Å². The second-order valence-corrected chi connectivity index (χ2v) is 7.59. The molecule has 24 heavy (non-hydrogen) atoms. The van der Waals surface area contributed by atoms with Crippen LogP contribution >= 0.6 is 8.25 Å². The van der Waals surface area contributed by atoms with Crippen LogP contribution in [0.4, 0.5) is 0 Å². The number of rotatable bonds is 8. The second kappa shape index (κ2) is 7.69. The quantitative estimate of drug-likeness (QED) is 0.622. The summed E-state index contributed by atoms with van der Waals surface area (Å²) in [7, 11) is -13.2. The van der Waals surface area contributed by atoms with E-state index in [1.54, 1.807) is 12.1 Å². The Morgan fingerprint density at radius 2 is 0.958 bits per heavy atom. The molecule has 0 aliphatic heterocycles. The molecule has 0 unspecified atom stereocenters. The Kier molecular flexibility index (Phi) is 5.86. The van der Waals surface area contributed by atoms with E-state index in [-0.39, 0.29) is 11.5 Å². The maximum absolute atomic E-state index is 11.5. The van der Waals surface area contributed by atoms with E-state index in [4.69, 9.17) is 0 Å². The van der Waals surface area contributed by atoms with Crippen LogP contribution in [-0.4, -0.2) is 16.8 Å². The van der Waals surface area contributed by atoms with E-state index >= 15 is 0 Å². The molecule has 0 heterocycles. The lowest BCUT2D eigenvalue weighted by atomic mass is 10.3. The van der Waals surface area contributed by atoms with Gasteiger partial charge in [-0.15, -0.1) is 0 Å². The number of hydrogen-bond donors (Lipinski definition) is 0. The summed E-state index contributed by atoms with van der Waals surface area (Å²) in [5.41, 5.74) is 0. The van der Waals surface area contributed by atoms with Crippen molar-refractivity contribution in [2.45, 2.75) is 0 Å². The van der Waals surface area contributed by atoms with Gasteiger partial charge in [0.25, 0.3) is 0 Å². The molecule has 2 aromatic carbocycles. The predicted molar refractivity (Wildman–Crippen MR) is 81.8 cm³/mol. The molecule has 0 N–H and O–H groups in total. The molecule has 0 bridgehead atoms. The Bertz CT molecular complexity index is 821. The van der Waals surface area contributed by atoms with Gasteiger partial charge in [0.1, 0.15) is 11.5 Å². The van der Waals surface area contributed by atoms with Crippen molar-refractivity contribution in [3.05, 3.63) is 60.7 Å². The van der Waals surface area contributed by atoms with Crippen LogP contribution in [0.25, 0.3) is 0 Å². The third-order valence-electron chi connectivity index (χ3n) is 2.19. The van der Waals surface area contributed by atoms with Gasteiger partial charge in [-0.1, -0.05) is 36.4 Å². The summed E-state index contributed by atoms with van der Waals surface area (Å²) < 4.78 is 74.4.